The number of hydrogen-bond donors (Lipinski definition) is 2. The lowest BCUT2D eigenvalue weighted by molar-refractivity contribution is -0.944. The summed E-state index contributed by atoms with van der Waals surface area (Å²) < 4.78 is 5.84. The van der Waals surface area contributed by atoms with Crippen LogP contribution in [0.25, 0.3) is 11.0 Å². The van der Waals surface area contributed by atoms with Gasteiger partial charge < -0.3 is 14.4 Å². The van der Waals surface area contributed by atoms with Crippen LogP contribution in [-0.2, 0) is 13.0 Å². The Morgan fingerprint density at radius 2 is 1.97 bits per heavy atom. The molecule has 1 unspecified atom stereocenters. The van der Waals surface area contributed by atoms with Crippen molar-refractivity contribution < 1.29 is 14.4 Å². The molecule has 0 bridgehead atoms. The first-order valence-corrected chi connectivity index (χ1v) is 11.2. The van der Waals surface area contributed by atoms with Crippen LogP contribution in [-0.4, -0.2) is 17.7 Å². The van der Waals surface area contributed by atoms with E-state index in [1.165, 1.54) is 24.2 Å². The van der Waals surface area contributed by atoms with E-state index in [9.17, 15) is 9.90 Å². The van der Waals surface area contributed by atoms with Gasteiger partial charge in [0.25, 0.3) is 0 Å². The fraction of sp³-hybridized carbons (Fsp3) is 0.400. The number of benzene rings is 2. The number of phenols is 1. The second-order valence-corrected chi connectivity index (χ2v) is 8.81. The largest absolute Gasteiger partial charge is 0.506 e. The van der Waals surface area contributed by atoms with E-state index in [1.54, 1.807) is 6.07 Å². The van der Waals surface area contributed by atoms with E-state index in [1.807, 2.05) is 37.3 Å². The second kappa shape index (κ2) is 8.83. The van der Waals surface area contributed by atoms with Crippen molar-refractivity contribution in [1.82, 2.24) is 0 Å². The standard InChI is InChI=1S/C25H28ClNO3/c1-3-18-11-7-8-12-27(18)15-21-23(28)22(26)14-19-16(2)20(25(29)30-24(19)21)13-17-9-5-4-6-10-17/h4-6,9-10,14,18,28H,3,7-8,11-13,15H2,1-2H3/p+1/t18-/m1/s1. The Balaban J connectivity index is 1.81. The number of phenolic OH excluding ortho intramolecular Hbond substituents is 1. The molecular formula is C25H29ClNO3+. The van der Waals surface area contributed by atoms with Gasteiger partial charge in [-0.2, -0.15) is 0 Å². The highest BCUT2D eigenvalue weighted by Gasteiger charge is 2.28. The number of halogens is 1. The SMILES string of the molecule is CC[C@@H]1CCCC[NH+]1Cc1c(O)c(Cl)cc2c(C)c(Cc3ccccc3)c(=O)oc12. The molecule has 3 aromatic rings. The molecule has 5 heteroatoms. The maximum absolute atomic E-state index is 12.9. The monoisotopic (exact) mass is 426 g/mol. The molecular weight excluding hydrogens is 398 g/mol. The van der Waals surface area contributed by atoms with E-state index in [0.29, 0.717) is 40.7 Å². The third-order valence-corrected chi connectivity index (χ3v) is 6.89. The summed E-state index contributed by atoms with van der Waals surface area (Å²) in [5.74, 6) is 0.0375. The van der Waals surface area contributed by atoms with Gasteiger partial charge in [0.2, 0.25) is 0 Å². The molecule has 1 aliphatic rings. The van der Waals surface area contributed by atoms with Gasteiger partial charge in [0.05, 0.1) is 23.2 Å². The number of quaternary nitrogens is 1. The normalized spacial score (nSPS) is 19.3. The van der Waals surface area contributed by atoms with Gasteiger partial charge in [-0.1, -0.05) is 48.9 Å². The van der Waals surface area contributed by atoms with Crippen LogP contribution in [0.2, 0.25) is 5.02 Å². The summed E-state index contributed by atoms with van der Waals surface area (Å²) in [4.78, 5) is 14.4. The average molecular weight is 427 g/mol. The number of piperidine rings is 1. The molecule has 0 aliphatic carbocycles. The summed E-state index contributed by atoms with van der Waals surface area (Å²) in [6, 6.07) is 12.2. The molecule has 0 radical (unpaired) electrons. The van der Waals surface area contributed by atoms with Gasteiger partial charge in [-0.15, -0.1) is 0 Å². The third kappa shape index (κ3) is 3.99. The van der Waals surface area contributed by atoms with Gasteiger partial charge in [-0.05, 0) is 49.8 Å². The molecule has 1 fully saturated rings. The predicted molar refractivity (Wildman–Crippen MR) is 121 cm³/mol. The van der Waals surface area contributed by atoms with E-state index in [2.05, 4.69) is 6.92 Å². The topological polar surface area (TPSA) is 54.9 Å². The zero-order chi connectivity index (χ0) is 21.3. The molecule has 2 aromatic carbocycles. The Morgan fingerprint density at radius 3 is 2.70 bits per heavy atom. The highest BCUT2D eigenvalue weighted by atomic mass is 35.5. The van der Waals surface area contributed by atoms with Crippen LogP contribution in [0, 0.1) is 6.92 Å². The van der Waals surface area contributed by atoms with Crippen LogP contribution in [0.4, 0.5) is 0 Å². The Morgan fingerprint density at radius 1 is 1.20 bits per heavy atom. The minimum Gasteiger partial charge on any atom is -0.506 e. The molecule has 0 saturated carbocycles. The summed E-state index contributed by atoms with van der Waals surface area (Å²) >= 11 is 6.43. The maximum atomic E-state index is 12.9. The number of aromatic hydroxyl groups is 1. The zero-order valence-electron chi connectivity index (χ0n) is 17.6. The number of hydrogen-bond acceptors (Lipinski definition) is 3. The van der Waals surface area contributed by atoms with Crippen LogP contribution in [0.15, 0.2) is 45.6 Å². The summed E-state index contributed by atoms with van der Waals surface area (Å²) in [5.41, 5.74) is 3.35. The summed E-state index contributed by atoms with van der Waals surface area (Å²) in [6.45, 7) is 5.83. The van der Waals surface area contributed by atoms with Crippen molar-refractivity contribution >= 4 is 22.6 Å². The van der Waals surface area contributed by atoms with Crippen molar-refractivity contribution in [3.05, 3.63) is 74.1 Å². The second-order valence-electron chi connectivity index (χ2n) is 8.40. The van der Waals surface area contributed by atoms with Gasteiger partial charge in [-0.3, -0.25) is 0 Å². The Bertz CT molecular complexity index is 1110. The number of fused-ring (bicyclic) bond motifs is 1. The minimum atomic E-state index is -0.340. The maximum Gasteiger partial charge on any atom is 0.340 e. The number of aryl methyl sites for hydroxylation is 1. The highest BCUT2D eigenvalue weighted by Crippen LogP contribution is 2.36. The first-order valence-electron chi connectivity index (χ1n) is 10.8. The molecule has 1 aliphatic heterocycles. The first-order chi connectivity index (χ1) is 14.5. The van der Waals surface area contributed by atoms with E-state index in [-0.39, 0.29) is 11.4 Å². The van der Waals surface area contributed by atoms with E-state index in [0.717, 1.165) is 29.5 Å². The zero-order valence-corrected chi connectivity index (χ0v) is 18.4. The Kier molecular flexibility index (Phi) is 6.16. The van der Waals surface area contributed by atoms with Crippen LogP contribution in [0.3, 0.4) is 0 Å². The summed E-state index contributed by atoms with van der Waals surface area (Å²) in [6.07, 6.45) is 5.22. The highest BCUT2D eigenvalue weighted by molar-refractivity contribution is 6.33. The average Bonchev–Trinajstić information content (AvgIpc) is 2.76. The molecule has 4 rings (SSSR count). The van der Waals surface area contributed by atoms with Crippen molar-refractivity contribution in [3.8, 4) is 5.75 Å². The molecule has 0 amide bonds. The molecule has 1 aromatic heterocycles. The lowest BCUT2D eigenvalue weighted by Crippen LogP contribution is -3.15. The number of likely N-dealkylation sites (tertiary alicyclic amines) is 1. The number of nitrogens with one attached hydrogen (secondary N) is 1. The van der Waals surface area contributed by atoms with Crippen LogP contribution in [0.5, 0.6) is 5.75 Å². The third-order valence-electron chi connectivity index (χ3n) is 6.60. The molecule has 158 valence electrons. The van der Waals surface area contributed by atoms with Crippen molar-refractivity contribution in [1.29, 1.82) is 0 Å². The van der Waals surface area contributed by atoms with E-state index < -0.39 is 0 Å². The Labute approximate surface area is 182 Å². The van der Waals surface area contributed by atoms with Crippen molar-refractivity contribution in [3.63, 3.8) is 0 Å². The smallest absolute Gasteiger partial charge is 0.340 e. The van der Waals surface area contributed by atoms with Gasteiger partial charge in [0.1, 0.15) is 12.3 Å². The molecule has 2 atom stereocenters. The molecule has 2 N–H and O–H groups in total. The van der Waals surface area contributed by atoms with Gasteiger partial charge >= 0.3 is 5.63 Å². The fourth-order valence-electron chi connectivity index (χ4n) is 4.81. The van der Waals surface area contributed by atoms with E-state index in [4.69, 9.17) is 16.0 Å². The van der Waals surface area contributed by atoms with Crippen molar-refractivity contribution in [2.24, 2.45) is 0 Å². The quantitative estimate of drug-likeness (QED) is 0.594. The van der Waals surface area contributed by atoms with Crippen LogP contribution < -0.4 is 10.5 Å². The molecule has 30 heavy (non-hydrogen) atoms. The summed E-state index contributed by atoms with van der Waals surface area (Å²) in [5, 5.41) is 11.9. The number of rotatable bonds is 5. The van der Waals surface area contributed by atoms with Crippen molar-refractivity contribution in [2.45, 2.75) is 58.5 Å². The lowest BCUT2D eigenvalue weighted by Gasteiger charge is -2.32. The summed E-state index contributed by atoms with van der Waals surface area (Å²) in [7, 11) is 0. The van der Waals surface area contributed by atoms with E-state index >= 15 is 0 Å². The Hall–Kier alpha value is -2.30. The first kappa shape index (κ1) is 21.0. The van der Waals surface area contributed by atoms with Crippen molar-refractivity contribution in [2.75, 3.05) is 6.54 Å². The van der Waals surface area contributed by atoms with Gasteiger partial charge in [0, 0.05) is 17.4 Å². The molecule has 4 nitrogen and oxygen atoms in total. The van der Waals surface area contributed by atoms with Gasteiger partial charge in [0.15, 0.2) is 5.58 Å². The molecule has 1 saturated heterocycles. The minimum absolute atomic E-state index is 0.0375. The predicted octanol–water partition coefficient (Wildman–Crippen LogP) is 4.40. The molecule has 0 spiro atoms. The van der Waals surface area contributed by atoms with Gasteiger partial charge in [-0.25, -0.2) is 4.79 Å². The molecule has 2 heterocycles. The fourth-order valence-corrected chi connectivity index (χ4v) is 5.04. The van der Waals surface area contributed by atoms with Crippen LogP contribution >= 0.6 is 11.6 Å². The van der Waals surface area contributed by atoms with Crippen LogP contribution in [0.1, 0.15) is 54.9 Å². The lowest BCUT2D eigenvalue weighted by atomic mass is 9.96.